The van der Waals surface area contributed by atoms with Crippen LogP contribution in [0.1, 0.15) is 45.1 Å². The highest BCUT2D eigenvalue weighted by molar-refractivity contribution is 5.07. The predicted molar refractivity (Wildman–Crippen MR) is 71.9 cm³/mol. The van der Waals surface area contributed by atoms with Crippen LogP contribution < -0.4 is 5.32 Å². The summed E-state index contributed by atoms with van der Waals surface area (Å²) < 4.78 is 5.79. The van der Waals surface area contributed by atoms with E-state index in [0.29, 0.717) is 6.04 Å². The average molecular weight is 238 g/mol. The zero-order valence-corrected chi connectivity index (χ0v) is 11.6. The third kappa shape index (κ3) is 4.52. The normalized spacial score (nSPS) is 11.6. The largest absolute Gasteiger partial charge is 0.463 e. The molecule has 0 amide bonds. The lowest BCUT2D eigenvalue weighted by molar-refractivity contribution is 0.204. The van der Waals surface area contributed by atoms with Gasteiger partial charge < -0.3 is 9.73 Å². The summed E-state index contributed by atoms with van der Waals surface area (Å²) in [5.74, 6) is 2.09. The number of nitrogens with zero attached hydrogens (tertiary/aromatic N) is 1. The molecule has 0 atom stereocenters. The van der Waals surface area contributed by atoms with E-state index in [-0.39, 0.29) is 0 Å². The highest BCUT2D eigenvalue weighted by atomic mass is 16.3. The van der Waals surface area contributed by atoms with Crippen molar-refractivity contribution in [3.63, 3.8) is 0 Å². The van der Waals surface area contributed by atoms with Crippen molar-refractivity contribution in [3.8, 4) is 0 Å². The Hall–Kier alpha value is -0.800. The molecule has 1 aromatic heterocycles. The summed E-state index contributed by atoms with van der Waals surface area (Å²) in [6, 6.07) is 4.81. The fourth-order valence-electron chi connectivity index (χ4n) is 2.14. The van der Waals surface area contributed by atoms with E-state index in [2.05, 4.69) is 50.2 Å². The number of rotatable bonds is 8. The summed E-state index contributed by atoms with van der Waals surface area (Å²) in [5.41, 5.74) is 0. The second kappa shape index (κ2) is 7.51. The van der Waals surface area contributed by atoms with Crippen LogP contribution in [0.15, 0.2) is 16.5 Å². The Bertz CT molecular complexity index is 305. The molecule has 0 unspecified atom stereocenters. The van der Waals surface area contributed by atoms with Crippen molar-refractivity contribution in [2.24, 2.45) is 0 Å². The van der Waals surface area contributed by atoms with Crippen molar-refractivity contribution >= 4 is 0 Å². The SMILES string of the molecule is CCNCc1ccc(CN(C)C(CC)CC)o1. The standard InChI is InChI=1S/C14H26N2O/c1-5-12(6-2)16(4)11-14-9-8-13(17-14)10-15-7-3/h8-9,12,15H,5-7,10-11H2,1-4H3. The molecule has 3 nitrogen and oxygen atoms in total. The van der Waals surface area contributed by atoms with Gasteiger partial charge in [0.05, 0.1) is 13.1 Å². The van der Waals surface area contributed by atoms with Gasteiger partial charge in [0.1, 0.15) is 11.5 Å². The van der Waals surface area contributed by atoms with E-state index in [1.807, 2.05) is 0 Å². The predicted octanol–water partition coefficient (Wildman–Crippen LogP) is 3.01. The van der Waals surface area contributed by atoms with E-state index in [1.54, 1.807) is 0 Å². The van der Waals surface area contributed by atoms with Crippen LogP contribution in [0.5, 0.6) is 0 Å². The monoisotopic (exact) mass is 238 g/mol. The van der Waals surface area contributed by atoms with E-state index in [9.17, 15) is 0 Å². The molecule has 1 aromatic rings. The lowest BCUT2D eigenvalue weighted by Crippen LogP contribution is -2.29. The molecule has 3 heteroatoms. The van der Waals surface area contributed by atoms with E-state index >= 15 is 0 Å². The van der Waals surface area contributed by atoms with Crippen molar-refractivity contribution in [2.75, 3.05) is 13.6 Å². The Balaban J connectivity index is 2.47. The van der Waals surface area contributed by atoms with Crippen molar-refractivity contribution in [1.29, 1.82) is 0 Å². The molecule has 0 spiro atoms. The first-order chi connectivity index (χ1) is 8.21. The van der Waals surface area contributed by atoms with Gasteiger partial charge in [-0.1, -0.05) is 20.8 Å². The minimum Gasteiger partial charge on any atom is -0.463 e. The van der Waals surface area contributed by atoms with Gasteiger partial charge in [-0.15, -0.1) is 0 Å². The van der Waals surface area contributed by atoms with E-state index < -0.39 is 0 Å². The zero-order chi connectivity index (χ0) is 12.7. The number of nitrogens with one attached hydrogen (secondary N) is 1. The maximum Gasteiger partial charge on any atom is 0.118 e. The Morgan fingerprint density at radius 1 is 1.18 bits per heavy atom. The molecular formula is C14H26N2O. The van der Waals surface area contributed by atoms with Gasteiger partial charge in [-0.05, 0) is 38.6 Å². The van der Waals surface area contributed by atoms with Crippen LogP contribution in [-0.2, 0) is 13.1 Å². The fourth-order valence-corrected chi connectivity index (χ4v) is 2.14. The van der Waals surface area contributed by atoms with Crippen molar-refractivity contribution < 1.29 is 4.42 Å². The quantitative estimate of drug-likeness (QED) is 0.754. The highest BCUT2D eigenvalue weighted by Gasteiger charge is 2.12. The molecule has 0 fully saturated rings. The van der Waals surface area contributed by atoms with Gasteiger partial charge in [0.2, 0.25) is 0 Å². The maximum atomic E-state index is 5.79. The molecule has 0 aliphatic heterocycles. The Kier molecular flexibility index (Phi) is 6.30. The molecule has 0 aliphatic rings. The molecule has 0 aromatic carbocycles. The highest BCUT2D eigenvalue weighted by Crippen LogP contribution is 2.14. The second-order valence-electron chi connectivity index (χ2n) is 4.53. The fraction of sp³-hybridized carbons (Fsp3) is 0.714. The van der Waals surface area contributed by atoms with Crippen LogP contribution in [0.2, 0.25) is 0 Å². The molecule has 0 saturated heterocycles. The van der Waals surface area contributed by atoms with Crippen LogP contribution in [-0.4, -0.2) is 24.5 Å². The van der Waals surface area contributed by atoms with Crippen LogP contribution in [0.4, 0.5) is 0 Å². The first kappa shape index (κ1) is 14.3. The number of furan rings is 1. The van der Waals surface area contributed by atoms with Gasteiger partial charge in [-0.2, -0.15) is 0 Å². The summed E-state index contributed by atoms with van der Waals surface area (Å²) >= 11 is 0. The van der Waals surface area contributed by atoms with Crippen LogP contribution in [0.25, 0.3) is 0 Å². The van der Waals surface area contributed by atoms with E-state index in [4.69, 9.17) is 4.42 Å². The van der Waals surface area contributed by atoms with Crippen molar-refractivity contribution in [1.82, 2.24) is 10.2 Å². The van der Waals surface area contributed by atoms with Gasteiger partial charge >= 0.3 is 0 Å². The first-order valence-electron chi connectivity index (χ1n) is 6.69. The molecule has 98 valence electrons. The maximum absolute atomic E-state index is 5.79. The second-order valence-corrected chi connectivity index (χ2v) is 4.53. The van der Waals surface area contributed by atoms with Gasteiger partial charge in [0.15, 0.2) is 0 Å². The molecule has 17 heavy (non-hydrogen) atoms. The molecule has 0 radical (unpaired) electrons. The van der Waals surface area contributed by atoms with E-state index in [1.165, 1.54) is 12.8 Å². The summed E-state index contributed by atoms with van der Waals surface area (Å²) in [6.45, 7) is 9.28. The zero-order valence-electron chi connectivity index (χ0n) is 11.6. The van der Waals surface area contributed by atoms with Crippen LogP contribution in [0, 0.1) is 0 Å². The Labute approximate surface area is 105 Å². The van der Waals surface area contributed by atoms with Gasteiger partial charge in [-0.3, -0.25) is 4.90 Å². The van der Waals surface area contributed by atoms with Gasteiger partial charge in [0, 0.05) is 6.04 Å². The summed E-state index contributed by atoms with van der Waals surface area (Å²) in [6.07, 6.45) is 2.38. The molecule has 1 rings (SSSR count). The van der Waals surface area contributed by atoms with Crippen LogP contribution >= 0.6 is 0 Å². The lowest BCUT2D eigenvalue weighted by atomic mass is 10.1. The van der Waals surface area contributed by atoms with Gasteiger partial charge in [-0.25, -0.2) is 0 Å². The molecule has 0 aliphatic carbocycles. The smallest absolute Gasteiger partial charge is 0.118 e. The first-order valence-corrected chi connectivity index (χ1v) is 6.69. The molecule has 1 N–H and O–H groups in total. The minimum atomic E-state index is 0.650. The summed E-state index contributed by atoms with van der Waals surface area (Å²) in [5, 5.41) is 3.27. The summed E-state index contributed by atoms with van der Waals surface area (Å²) in [7, 11) is 2.17. The Morgan fingerprint density at radius 3 is 2.41 bits per heavy atom. The third-order valence-corrected chi connectivity index (χ3v) is 3.24. The van der Waals surface area contributed by atoms with E-state index in [0.717, 1.165) is 31.2 Å². The van der Waals surface area contributed by atoms with Crippen molar-refractivity contribution in [2.45, 2.75) is 52.7 Å². The molecule has 1 heterocycles. The Morgan fingerprint density at radius 2 is 1.82 bits per heavy atom. The molecular weight excluding hydrogens is 212 g/mol. The molecule has 0 bridgehead atoms. The lowest BCUT2D eigenvalue weighted by Gasteiger charge is -2.24. The minimum absolute atomic E-state index is 0.650. The molecule has 0 saturated carbocycles. The topological polar surface area (TPSA) is 28.4 Å². The van der Waals surface area contributed by atoms with Crippen molar-refractivity contribution in [3.05, 3.63) is 23.7 Å². The van der Waals surface area contributed by atoms with Gasteiger partial charge in [0.25, 0.3) is 0 Å². The van der Waals surface area contributed by atoms with Crippen LogP contribution in [0.3, 0.4) is 0 Å². The third-order valence-electron chi connectivity index (χ3n) is 3.24. The number of hydrogen-bond acceptors (Lipinski definition) is 3. The number of hydrogen-bond donors (Lipinski definition) is 1. The summed E-state index contributed by atoms with van der Waals surface area (Å²) in [4.78, 5) is 2.37. The average Bonchev–Trinajstić information content (AvgIpc) is 2.75.